The molecule has 2 heterocycles. The van der Waals surface area contributed by atoms with E-state index in [-0.39, 0.29) is 6.03 Å². The largest absolute Gasteiger partial charge is 0.416 e. The van der Waals surface area contributed by atoms with E-state index in [1.807, 2.05) is 6.92 Å². The molecule has 2 amide bonds. The van der Waals surface area contributed by atoms with Gasteiger partial charge in [0.15, 0.2) is 4.80 Å². The molecule has 4 nitrogen and oxygen atoms in total. The smallest absolute Gasteiger partial charge is 0.323 e. The first-order valence-corrected chi connectivity index (χ1v) is 8.36. The molecule has 2 aromatic rings. The molecule has 0 radical (unpaired) electrons. The molecule has 1 aromatic carbocycles. The van der Waals surface area contributed by atoms with Crippen molar-refractivity contribution in [3.63, 3.8) is 0 Å². The van der Waals surface area contributed by atoms with E-state index in [2.05, 4.69) is 4.99 Å². The van der Waals surface area contributed by atoms with Gasteiger partial charge in [-0.05, 0) is 44.0 Å². The lowest BCUT2D eigenvalue weighted by molar-refractivity contribution is -0.137. The Labute approximate surface area is 140 Å². The Hall–Kier alpha value is -2.09. The summed E-state index contributed by atoms with van der Waals surface area (Å²) in [6.07, 6.45) is -0.649. The molecular weight excluding hydrogens is 339 g/mol. The molecule has 8 heteroatoms. The van der Waals surface area contributed by atoms with Crippen molar-refractivity contribution in [1.29, 1.82) is 0 Å². The van der Waals surface area contributed by atoms with Gasteiger partial charge >= 0.3 is 12.2 Å². The van der Waals surface area contributed by atoms with Gasteiger partial charge in [-0.2, -0.15) is 18.2 Å². The second-order valence-electron chi connectivity index (χ2n) is 5.63. The normalized spacial score (nSPS) is 16.0. The van der Waals surface area contributed by atoms with Crippen molar-refractivity contribution in [2.24, 2.45) is 4.99 Å². The van der Waals surface area contributed by atoms with Gasteiger partial charge in [-0.25, -0.2) is 4.79 Å². The summed E-state index contributed by atoms with van der Waals surface area (Å²) < 4.78 is 39.7. The van der Waals surface area contributed by atoms with E-state index >= 15 is 0 Å². The number of urea groups is 1. The van der Waals surface area contributed by atoms with E-state index in [0.29, 0.717) is 23.6 Å². The van der Waals surface area contributed by atoms with Crippen molar-refractivity contribution in [3.05, 3.63) is 45.7 Å². The number of alkyl halides is 3. The minimum absolute atomic E-state index is 0.296. The van der Waals surface area contributed by atoms with Gasteiger partial charge in [-0.15, -0.1) is 11.3 Å². The van der Waals surface area contributed by atoms with Gasteiger partial charge in [-0.3, -0.25) is 4.57 Å². The summed E-state index contributed by atoms with van der Waals surface area (Å²) in [6, 6.07) is 4.53. The van der Waals surface area contributed by atoms with Crippen molar-refractivity contribution in [2.45, 2.75) is 25.9 Å². The Bertz CT molecular complexity index is 799. The number of carbonyl (C=O) groups excluding carboxylic acids is 1. The first-order valence-electron chi connectivity index (χ1n) is 7.55. The molecular formula is C16H16F3N3OS. The third-order valence-corrected chi connectivity index (χ3v) is 4.71. The summed E-state index contributed by atoms with van der Waals surface area (Å²) in [7, 11) is 0. The molecule has 24 heavy (non-hydrogen) atoms. The number of nitrogens with zero attached hydrogens (tertiary/aromatic N) is 3. The maximum atomic E-state index is 12.7. The van der Waals surface area contributed by atoms with Crippen molar-refractivity contribution in [2.75, 3.05) is 13.1 Å². The summed E-state index contributed by atoms with van der Waals surface area (Å²) in [5, 5.41) is 0. The van der Waals surface area contributed by atoms with Crippen LogP contribution >= 0.6 is 11.3 Å². The van der Waals surface area contributed by atoms with Crippen LogP contribution in [-0.4, -0.2) is 28.6 Å². The number of likely N-dealkylation sites (tertiary alicyclic amines) is 1. The van der Waals surface area contributed by atoms with Crippen molar-refractivity contribution in [1.82, 2.24) is 9.47 Å². The number of halogens is 3. The second kappa shape index (κ2) is 6.43. The van der Waals surface area contributed by atoms with Crippen molar-refractivity contribution >= 4 is 17.4 Å². The van der Waals surface area contributed by atoms with Gasteiger partial charge < -0.3 is 4.90 Å². The second-order valence-corrected chi connectivity index (χ2v) is 6.84. The molecule has 0 unspecified atom stereocenters. The van der Waals surface area contributed by atoms with Crippen LogP contribution in [0.3, 0.4) is 0 Å². The molecule has 0 bridgehead atoms. The SMILES string of the molecule is Cc1cn(-c2ccc(C(F)(F)F)cc2)/c(=N/C(=O)N2CCCC2)s1. The topological polar surface area (TPSA) is 37.6 Å². The lowest BCUT2D eigenvalue weighted by Crippen LogP contribution is -2.27. The first-order chi connectivity index (χ1) is 11.3. The third-order valence-electron chi connectivity index (χ3n) is 3.81. The number of thiazole rings is 1. The lowest BCUT2D eigenvalue weighted by atomic mass is 10.2. The van der Waals surface area contributed by atoms with Gasteiger partial charge in [0.25, 0.3) is 0 Å². The predicted octanol–water partition coefficient (Wildman–Crippen LogP) is 3.98. The van der Waals surface area contributed by atoms with Gasteiger partial charge in [0, 0.05) is 29.9 Å². The van der Waals surface area contributed by atoms with E-state index in [1.54, 1.807) is 15.7 Å². The molecule has 0 atom stereocenters. The molecule has 128 valence electrons. The van der Waals surface area contributed by atoms with Crippen LogP contribution < -0.4 is 4.80 Å². The van der Waals surface area contributed by atoms with Gasteiger partial charge in [0.05, 0.1) is 5.56 Å². The van der Waals surface area contributed by atoms with Crippen LogP contribution in [0.2, 0.25) is 0 Å². The van der Waals surface area contributed by atoms with Crippen LogP contribution in [0.25, 0.3) is 5.69 Å². The highest BCUT2D eigenvalue weighted by Crippen LogP contribution is 2.29. The fourth-order valence-electron chi connectivity index (χ4n) is 2.59. The summed E-state index contributed by atoms with van der Waals surface area (Å²) in [5.74, 6) is 0. The number of carbonyl (C=O) groups is 1. The Morgan fingerprint density at radius 2 is 1.79 bits per heavy atom. The lowest BCUT2D eigenvalue weighted by Gasteiger charge is -2.11. The van der Waals surface area contributed by atoms with Gasteiger partial charge in [0.1, 0.15) is 0 Å². The zero-order chi connectivity index (χ0) is 17.3. The summed E-state index contributed by atoms with van der Waals surface area (Å²) >= 11 is 1.33. The minimum atomic E-state index is -4.37. The zero-order valence-electron chi connectivity index (χ0n) is 13.0. The van der Waals surface area contributed by atoms with Crippen LogP contribution in [0.4, 0.5) is 18.0 Å². The number of hydrogen-bond acceptors (Lipinski definition) is 2. The number of aryl methyl sites for hydroxylation is 1. The number of hydrogen-bond donors (Lipinski definition) is 0. The van der Waals surface area contributed by atoms with Crippen LogP contribution in [0.1, 0.15) is 23.3 Å². The average molecular weight is 355 g/mol. The summed E-state index contributed by atoms with van der Waals surface area (Å²) in [5.41, 5.74) is -0.161. The van der Waals surface area contributed by atoms with Crippen LogP contribution in [-0.2, 0) is 6.18 Å². The number of rotatable bonds is 1. The molecule has 1 aliphatic heterocycles. The zero-order valence-corrected chi connectivity index (χ0v) is 13.8. The monoisotopic (exact) mass is 355 g/mol. The fourth-order valence-corrected chi connectivity index (χ4v) is 3.42. The molecule has 0 spiro atoms. The number of amides is 2. The van der Waals surface area contributed by atoms with E-state index in [1.165, 1.54) is 23.5 Å². The van der Waals surface area contributed by atoms with Crippen LogP contribution in [0.5, 0.6) is 0 Å². The first kappa shape index (κ1) is 16.8. The van der Waals surface area contributed by atoms with Crippen LogP contribution in [0.15, 0.2) is 35.5 Å². The number of benzene rings is 1. The fraction of sp³-hybridized carbons (Fsp3) is 0.375. The standard InChI is InChI=1S/C16H16F3N3OS/c1-11-10-22(13-6-4-12(5-7-13)16(17,18)19)15(24-11)20-14(23)21-8-2-3-9-21/h4-7,10H,2-3,8-9H2,1H3/b20-15-. The number of aromatic nitrogens is 1. The van der Waals surface area contributed by atoms with Crippen molar-refractivity contribution < 1.29 is 18.0 Å². The molecule has 0 saturated carbocycles. The Kier molecular flexibility index (Phi) is 4.49. The predicted molar refractivity (Wildman–Crippen MR) is 85.2 cm³/mol. The highest BCUT2D eigenvalue weighted by atomic mass is 32.1. The van der Waals surface area contributed by atoms with E-state index in [0.717, 1.165) is 29.9 Å². The molecule has 1 saturated heterocycles. The van der Waals surface area contributed by atoms with Gasteiger partial charge in [-0.1, -0.05) is 0 Å². The maximum absolute atomic E-state index is 12.7. The molecule has 0 N–H and O–H groups in total. The Balaban J connectivity index is 1.95. The molecule has 1 aliphatic rings. The molecule has 1 aromatic heterocycles. The Morgan fingerprint density at radius 3 is 2.38 bits per heavy atom. The highest BCUT2D eigenvalue weighted by molar-refractivity contribution is 7.09. The van der Waals surface area contributed by atoms with E-state index < -0.39 is 11.7 Å². The average Bonchev–Trinajstić information content (AvgIpc) is 3.16. The molecule has 0 aliphatic carbocycles. The Morgan fingerprint density at radius 1 is 1.17 bits per heavy atom. The minimum Gasteiger partial charge on any atom is -0.323 e. The maximum Gasteiger partial charge on any atom is 0.416 e. The summed E-state index contributed by atoms with van der Waals surface area (Å²) in [4.78, 5) is 19.4. The quantitative estimate of drug-likeness (QED) is 0.762. The van der Waals surface area contributed by atoms with Crippen molar-refractivity contribution in [3.8, 4) is 5.69 Å². The van der Waals surface area contributed by atoms with E-state index in [9.17, 15) is 18.0 Å². The third kappa shape index (κ3) is 3.53. The van der Waals surface area contributed by atoms with E-state index in [4.69, 9.17) is 0 Å². The molecule has 3 rings (SSSR count). The summed E-state index contributed by atoms with van der Waals surface area (Å²) in [6.45, 7) is 3.27. The highest BCUT2D eigenvalue weighted by Gasteiger charge is 2.30. The van der Waals surface area contributed by atoms with Gasteiger partial charge in [0.2, 0.25) is 0 Å². The molecule has 1 fully saturated rings. The van der Waals surface area contributed by atoms with Crippen LogP contribution in [0, 0.1) is 6.92 Å².